The summed E-state index contributed by atoms with van der Waals surface area (Å²) in [6.45, 7) is 0.230. The second kappa shape index (κ2) is 10.0. The molecule has 2 aromatic carbocycles. The maximum Gasteiger partial charge on any atom is 0.265 e. The van der Waals surface area contributed by atoms with Gasteiger partial charge in [-0.05, 0) is 64.0 Å². The van der Waals surface area contributed by atoms with E-state index in [0.29, 0.717) is 17.2 Å². The number of carbonyl (C=O) groups is 2. The third-order valence-electron chi connectivity index (χ3n) is 4.80. The van der Waals surface area contributed by atoms with Crippen LogP contribution in [-0.4, -0.2) is 30.5 Å². The Kier molecular flexibility index (Phi) is 6.92. The Morgan fingerprint density at radius 1 is 1.19 bits per heavy atom. The molecule has 1 N–H and O–H groups in total. The van der Waals surface area contributed by atoms with Crippen LogP contribution in [0.15, 0.2) is 81.1 Å². The van der Waals surface area contributed by atoms with Crippen LogP contribution in [0.25, 0.3) is 6.08 Å². The highest BCUT2D eigenvalue weighted by molar-refractivity contribution is 9.10. The molecule has 0 saturated heterocycles. The molecule has 3 aromatic rings. The lowest BCUT2D eigenvalue weighted by Gasteiger charge is -2.29. The number of hydrogen-bond donors (Lipinski definition) is 1. The van der Waals surface area contributed by atoms with Crippen LogP contribution < -0.4 is 15.0 Å². The summed E-state index contributed by atoms with van der Waals surface area (Å²) < 4.78 is 6.08. The van der Waals surface area contributed by atoms with Crippen LogP contribution in [0.5, 0.6) is 5.75 Å². The predicted octanol–water partition coefficient (Wildman–Crippen LogP) is 4.65. The second-order valence-corrected chi connectivity index (χ2v) is 8.90. The van der Waals surface area contributed by atoms with E-state index in [0.717, 1.165) is 26.3 Å². The van der Waals surface area contributed by atoms with Gasteiger partial charge in [0.1, 0.15) is 12.3 Å². The highest BCUT2D eigenvalue weighted by Gasteiger charge is 2.30. The molecule has 32 heavy (non-hydrogen) atoms. The van der Waals surface area contributed by atoms with Crippen molar-refractivity contribution in [1.29, 1.82) is 0 Å². The summed E-state index contributed by atoms with van der Waals surface area (Å²) in [7, 11) is 1.60. The molecule has 8 heteroatoms. The van der Waals surface area contributed by atoms with Crippen molar-refractivity contribution in [2.45, 2.75) is 11.4 Å². The van der Waals surface area contributed by atoms with Gasteiger partial charge in [0, 0.05) is 11.1 Å². The number of hydrogen-bond acceptors (Lipinski definition) is 5. The van der Waals surface area contributed by atoms with E-state index in [1.807, 2.05) is 66.7 Å². The van der Waals surface area contributed by atoms with Gasteiger partial charge in [0.15, 0.2) is 0 Å². The van der Waals surface area contributed by atoms with Gasteiger partial charge in [-0.2, -0.15) is 0 Å². The summed E-state index contributed by atoms with van der Waals surface area (Å²) in [4.78, 5) is 33.1. The Balaban J connectivity index is 1.56. The molecule has 1 aliphatic rings. The first-order valence-electron chi connectivity index (χ1n) is 9.86. The van der Waals surface area contributed by atoms with Crippen molar-refractivity contribution in [3.63, 3.8) is 0 Å². The number of amides is 2. The van der Waals surface area contributed by atoms with Gasteiger partial charge in [0.25, 0.3) is 5.91 Å². The summed E-state index contributed by atoms with van der Waals surface area (Å²) >= 11 is 4.88. The lowest BCUT2D eigenvalue weighted by molar-refractivity contribution is -0.122. The van der Waals surface area contributed by atoms with Crippen molar-refractivity contribution in [1.82, 2.24) is 10.3 Å². The molecule has 1 aliphatic heterocycles. The Morgan fingerprint density at radius 2 is 2.00 bits per heavy atom. The SMILES string of the molecule is COc1ccc(/C=C2\Sc3ccccc3N(CC(=O)NCc3ccccn3)C2=O)cc1Br. The largest absolute Gasteiger partial charge is 0.496 e. The molecule has 0 radical (unpaired) electrons. The van der Waals surface area contributed by atoms with E-state index < -0.39 is 0 Å². The van der Waals surface area contributed by atoms with E-state index in [2.05, 4.69) is 26.2 Å². The maximum atomic E-state index is 13.3. The predicted molar refractivity (Wildman–Crippen MR) is 129 cm³/mol. The number of pyridine rings is 1. The first-order chi connectivity index (χ1) is 15.5. The van der Waals surface area contributed by atoms with Crippen molar-refractivity contribution in [2.24, 2.45) is 0 Å². The molecule has 0 atom stereocenters. The fraction of sp³-hybridized carbons (Fsp3) is 0.125. The molecule has 1 aromatic heterocycles. The minimum absolute atomic E-state index is 0.0765. The van der Waals surface area contributed by atoms with E-state index in [-0.39, 0.29) is 18.4 Å². The second-order valence-electron chi connectivity index (χ2n) is 6.96. The number of para-hydroxylation sites is 1. The van der Waals surface area contributed by atoms with Crippen LogP contribution in [0.1, 0.15) is 11.3 Å². The molecule has 0 aliphatic carbocycles. The van der Waals surface area contributed by atoms with E-state index >= 15 is 0 Å². The fourth-order valence-electron chi connectivity index (χ4n) is 3.23. The van der Waals surface area contributed by atoms with Crippen LogP contribution in [-0.2, 0) is 16.1 Å². The molecule has 6 nitrogen and oxygen atoms in total. The van der Waals surface area contributed by atoms with Gasteiger partial charge in [-0.3, -0.25) is 19.5 Å². The minimum atomic E-state index is -0.253. The molecular weight excluding hydrogens is 490 g/mol. The van der Waals surface area contributed by atoms with Crippen LogP contribution in [0.2, 0.25) is 0 Å². The van der Waals surface area contributed by atoms with Crippen molar-refractivity contribution in [3.8, 4) is 5.75 Å². The van der Waals surface area contributed by atoms with Crippen molar-refractivity contribution >= 4 is 51.3 Å². The normalized spacial score (nSPS) is 14.2. The third-order valence-corrected chi connectivity index (χ3v) is 6.50. The average molecular weight is 510 g/mol. The van der Waals surface area contributed by atoms with Crippen LogP contribution in [0, 0.1) is 0 Å². The molecule has 0 unspecified atom stereocenters. The molecule has 4 rings (SSSR count). The number of ether oxygens (including phenoxy) is 1. The summed E-state index contributed by atoms with van der Waals surface area (Å²) in [6, 6.07) is 18.7. The van der Waals surface area contributed by atoms with Crippen LogP contribution in [0.3, 0.4) is 0 Å². The molecule has 0 saturated carbocycles. The minimum Gasteiger partial charge on any atom is -0.496 e. The molecular formula is C24H20BrN3O3S. The van der Waals surface area contributed by atoms with Gasteiger partial charge in [-0.1, -0.05) is 36.0 Å². The van der Waals surface area contributed by atoms with E-state index in [9.17, 15) is 9.59 Å². The molecule has 0 bridgehead atoms. The van der Waals surface area contributed by atoms with Gasteiger partial charge in [0.2, 0.25) is 5.91 Å². The van der Waals surface area contributed by atoms with Crippen molar-refractivity contribution in [3.05, 3.63) is 87.5 Å². The fourth-order valence-corrected chi connectivity index (χ4v) is 4.85. The van der Waals surface area contributed by atoms with Crippen molar-refractivity contribution < 1.29 is 14.3 Å². The monoisotopic (exact) mass is 509 g/mol. The zero-order valence-corrected chi connectivity index (χ0v) is 19.7. The molecule has 162 valence electrons. The molecule has 2 heterocycles. The van der Waals surface area contributed by atoms with Gasteiger partial charge in [-0.15, -0.1) is 0 Å². The Morgan fingerprint density at radius 3 is 2.75 bits per heavy atom. The van der Waals surface area contributed by atoms with E-state index in [4.69, 9.17) is 4.74 Å². The molecule has 0 fully saturated rings. The quantitative estimate of drug-likeness (QED) is 0.489. The number of aromatic nitrogens is 1. The summed E-state index contributed by atoms with van der Waals surface area (Å²) in [5.41, 5.74) is 2.34. The highest BCUT2D eigenvalue weighted by atomic mass is 79.9. The summed E-state index contributed by atoms with van der Waals surface area (Å²) in [6.07, 6.45) is 3.50. The van der Waals surface area contributed by atoms with Gasteiger partial charge in [0.05, 0.1) is 34.4 Å². The number of fused-ring (bicyclic) bond motifs is 1. The number of methoxy groups -OCH3 is 1. The Labute approximate surface area is 198 Å². The Bertz CT molecular complexity index is 1180. The zero-order valence-electron chi connectivity index (χ0n) is 17.2. The lowest BCUT2D eigenvalue weighted by Crippen LogP contribution is -2.42. The smallest absolute Gasteiger partial charge is 0.265 e. The first kappa shape index (κ1) is 22.1. The number of carbonyl (C=O) groups excluding carboxylic acids is 2. The molecule has 2 amide bonds. The number of benzene rings is 2. The average Bonchev–Trinajstić information content (AvgIpc) is 2.81. The van der Waals surface area contributed by atoms with Gasteiger partial charge in [-0.25, -0.2) is 0 Å². The van der Waals surface area contributed by atoms with E-state index in [1.54, 1.807) is 13.3 Å². The van der Waals surface area contributed by atoms with E-state index in [1.165, 1.54) is 16.7 Å². The Hall–Kier alpha value is -3.10. The maximum absolute atomic E-state index is 13.3. The van der Waals surface area contributed by atoms with Gasteiger partial charge >= 0.3 is 0 Å². The summed E-state index contributed by atoms with van der Waals surface area (Å²) in [5, 5.41) is 2.84. The molecule has 0 spiro atoms. The number of thioether (sulfide) groups is 1. The first-order valence-corrected chi connectivity index (χ1v) is 11.5. The standard InChI is InChI=1S/C24H20BrN3O3S/c1-31-20-10-9-16(12-18(20)25)13-22-24(30)28(19-7-2-3-8-21(19)32-22)15-23(29)27-14-17-6-4-5-11-26-17/h2-13H,14-15H2,1H3,(H,27,29)/b22-13-. The van der Waals surface area contributed by atoms with Crippen LogP contribution >= 0.6 is 27.7 Å². The topological polar surface area (TPSA) is 71.5 Å². The summed E-state index contributed by atoms with van der Waals surface area (Å²) in [5.74, 6) is 0.247. The van der Waals surface area contributed by atoms with Crippen LogP contribution in [0.4, 0.5) is 5.69 Å². The number of rotatable bonds is 6. The highest BCUT2D eigenvalue weighted by Crippen LogP contribution is 2.42. The third kappa shape index (κ3) is 5.03. The van der Waals surface area contributed by atoms with Gasteiger partial charge < -0.3 is 10.1 Å². The number of halogens is 1. The number of nitrogens with zero attached hydrogens (tertiary/aromatic N) is 2. The van der Waals surface area contributed by atoms with Crippen molar-refractivity contribution in [2.75, 3.05) is 18.6 Å². The number of anilines is 1. The number of nitrogens with one attached hydrogen (secondary N) is 1. The lowest BCUT2D eigenvalue weighted by atomic mass is 10.2. The zero-order chi connectivity index (χ0) is 22.5.